The van der Waals surface area contributed by atoms with Gasteiger partial charge in [0.1, 0.15) is 11.8 Å². The minimum atomic E-state index is -0.0200. The Balaban J connectivity index is 1.58. The highest BCUT2D eigenvalue weighted by molar-refractivity contribution is 5.93. The summed E-state index contributed by atoms with van der Waals surface area (Å²) in [5.74, 6) is 0.622. The summed E-state index contributed by atoms with van der Waals surface area (Å²) in [5, 5.41) is 0. The molecule has 2 heterocycles. The number of hydrogen-bond donors (Lipinski definition) is 0. The van der Waals surface area contributed by atoms with Crippen molar-refractivity contribution in [2.45, 2.75) is 6.10 Å². The number of hydrogen-bond acceptors (Lipinski definition) is 3. The zero-order valence-corrected chi connectivity index (χ0v) is 12.6. The number of nitrogens with zero attached hydrogens (tertiary/aromatic N) is 2. The minimum absolute atomic E-state index is 0.0200. The van der Waals surface area contributed by atoms with Crippen molar-refractivity contribution in [3.8, 4) is 11.3 Å². The lowest BCUT2D eigenvalue weighted by atomic mass is 10.1. The van der Waals surface area contributed by atoms with Crippen LogP contribution in [0.15, 0.2) is 83.9 Å². The molecule has 1 aliphatic rings. The fourth-order valence-corrected chi connectivity index (χ4v) is 2.68. The molecule has 3 heteroatoms. The smallest absolute Gasteiger partial charge is 0.236 e. The lowest BCUT2D eigenvalue weighted by molar-refractivity contribution is 0.230. The number of rotatable bonds is 3. The van der Waals surface area contributed by atoms with Gasteiger partial charge in [-0.3, -0.25) is 0 Å². The molecule has 0 spiro atoms. The van der Waals surface area contributed by atoms with E-state index in [2.05, 4.69) is 29.3 Å². The molecule has 23 heavy (non-hydrogen) atoms. The number of pyridine rings is 1. The van der Waals surface area contributed by atoms with Gasteiger partial charge in [-0.2, -0.15) is 0 Å². The summed E-state index contributed by atoms with van der Waals surface area (Å²) in [6, 6.07) is 26.2. The van der Waals surface area contributed by atoms with Crippen molar-refractivity contribution in [3.63, 3.8) is 0 Å². The van der Waals surface area contributed by atoms with Crippen molar-refractivity contribution in [1.29, 1.82) is 0 Å². The Labute approximate surface area is 135 Å². The van der Waals surface area contributed by atoms with E-state index in [1.54, 1.807) is 0 Å². The van der Waals surface area contributed by atoms with Crippen LogP contribution in [0.3, 0.4) is 0 Å². The molecule has 1 aliphatic heterocycles. The van der Waals surface area contributed by atoms with Crippen LogP contribution in [-0.4, -0.2) is 17.4 Å². The van der Waals surface area contributed by atoms with Gasteiger partial charge in [-0.1, -0.05) is 66.7 Å². The molecule has 0 bridgehead atoms. The third-order valence-corrected chi connectivity index (χ3v) is 3.86. The first-order valence-corrected chi connectivity index (χ1v) is 7.69. The molecule has 4 rings (SSSR count). The first-order chi connectivity index (χ1) is 11.4. The largest absolute Gasteiger partial charge is 0.466 e. The molecule has 0 N–H and O–H groups in total. The Morgan fingerprint density at radius 2 is 1.43 bits per heavy atom. The van der Waals surface area contributed by atoms with Gasteiger partial charge in [-0.25, -0.2) is 9.98 Å². The van der Waals surface area contributed by atoms with E-state index in [4.69, 9.17) is 9.72 Å². The van der Waals surface area contributed by atoms with Gasteiger partial charge < -0.3 is 4.74 Å². The second kappa shape index (κ2) is 6.05. The maximum Gasteiger partial charge on any atom is 0.236 e. The fourth-order valence-electron chi connectivity index (χ4n) is 2.68. The van der Waals surface area contributed by atoms with Crippen LogP contribution in [0, 0.1) is 0 Å². The van der Waals surface area contributed by atoms with E-state index in [1.165, 1.54) is 0 Å². The Morgan fingerprint density at radius 1 is 0.739 bits per heavy atom. The number of ether oxygens (including phenoxy) is 1. The zero-order valence-electron chi connectivity index (χ0n) is 12.6. The van der Waals surface area contributed by atoms with Gasteiger partial charge in [-0.05, 0) is 17.7 Å². The van der Waals surface area contributed by atoms with Gasteiger partial charge in [0.2, 0.25) is 5.90 Å². The molecule has 0 fully saturated rings. The van der Waals surface area contributed by atoms with E-state index in [-0.39, 0.29) is 6.10 Å². The van der Waals surface area contributed by atoms with Crippen LogP contribution in [0.1, 0.15) is 17.4 Å². The normalized spacial score (nSPS) is 16.7. The molecular formula is C20H16N2O. The van der Waals surface area contributed by atoms with Gasteiger partial charge in [0, 0.05) is 5.56 Å². The summed E-state index contributed by atoms with van der Waals surface area (Å²) in [6.07, 6.45) is -0.0200. The van der Waals surface area contributed by atoms with Crippen molar-refractivity contribution >= 4 is 5.90 Å². The Hall–Kier alpha value is -2.94. The summed E-state index contributed by atoms with van der Waals surface area (Å²) in [7, 11) is 0. The molecular weight excluding hydrogens is 284 g/mol. The molecule has 0 aliphatic carbocycles. The highest BCUT2D eigenvalue weighted by atomic mass is 16.5. The summed E-state index contributed by atoms with van der Waals surface area (Å²) < 4.78 is 6.01. The highest BCUT2D eigenvalue weighted by Gasteiger charge is 2.23. The van der Waals surface area contributed by atoms with Crippen molar-refractivity contribution in [3.05, 3.63) is 90.1 Å². The highest BCUT2D eigenvalue weighted by Crippen LogP contribution is 2.25. The van der Waals surface area contributed by atoms with Gasteiger partial charge in [0.05, 0.1) is 12.2 Å². The van der Waals surface area contributed by atoms with Crippen LogP contribution >= 0.6 is 0 Å². The van der Waals surface area contributed by atoms with Crippen molar-refractivity contribution in [2.75, 3.05) is 6.54 Å². The van der Waals surface area contributed by atoms with E-state index in [1.807, 2.05) is 54.6 Å². The third kappa shape index (κ3) is 2.86. The summed E-state index contributed by atoms with van der Waals surface area (Å²) in [6.45, 7) is 0.636. The molecule has 1 atom stereocenters. The van der Waals surface area contributed by atoms with Crippen molar-refractivity contribution in [1.82, 2.24) is 4.98 Å². The SMILES string of the molecule is c1ccc(-c2cccc(C3=NC[C@H](c4ccccc4)O3)n2)cc1. The minimum Gasteiger partial charge on any atom is -0.466 e. The summed E-state index contributed by atoms with van der Waals surface area (Å²) in [4.78, 5) is 9.23. The van der Waals surface area contributed by atoms with Crippen LogP contribution < -0.4 is 0 Å². The van der Waals surface area contributed by atoms with E-state index < -0.39 is 0 Å². The Morgan fingerprint density at radius 3 is 2.22 bits per heavy atom. The molecule has 112 valence electrons. The quantitative estimate of drug-likeness (QED) is 0.724. The third-order valence-electron chi connectivity index (χ3n) is 3.86. The number of benzene rings is 2. The first-order valence-electron chi connectivity index (χ1n) is 7.69. The monoisotopic (exact) mass is 300 g/mol. The molecule has 0 radical (unpaired) electrons. The van der Waals surface area contributed by atoms with E-state index in [0.717, 1.165) is 22.5 Å². The number of aromatic nitrogens is 1. The van der Waals surface area contributed by atoms with Crippen LogP contribution in [0.5, 0.6) is 0 Å². The molecule has 0 saturated carbocycles. The lowest BCUT2D eigenvalue weighted by Crippen LogP contribution is -2.08. The maximum absolute atomic E-state index is 6.01. The van der Waals surface area contributed by atoms with Crippen molar-refractivity contribution in [2.24, 2.45) is 4.99 Å². The second-order valence-corrected chi connectivity index (χ2v) is 5.44. The van der Waals surface area contributed by atoms with Gasteiger partial charge >= 0.3 is 0 Å². The van der Waals surface area contributed by atoms with E-state index in [0.29, 0.717) is 12.4 Å². The zero-order chi connectivity index (χ0) is 15.5. The number of aliphatic imine (C=N–C) groups is 1. The predicted molar refractivity (Wildman–Crippen MR) is 91.3 cm³/mol. The summed E-state index contributed by atoms with van der Waals surface area (Å²) in [5.41, 5.74) is 3.94. The molecule has 2 aromatic carbocycles. The first kappa shape index (κ1) is 13.7. The molecule has 1 aromatic heterocycles. The van der Waals surface area contributed by atoms with Crippen LogP contribution in [0.2, 0.25) is 0 Å². The molecule has 3 aromatic rings. The fraction of sp³-hybridized carbons (Fsp3) is 0.100. The van der Waals surface area contributed by atoms with E-state index in [9.17, 15) is 0 Å². The van der Waals surface area contributed by atoms with Crippen LogP contribution in [-0.2, 0) is 4.74 Å². The van der Waals surface area contributed by atoms with Gasteiger partial charge in [0.25, 0.3) is 0 Å². The topological polar surface area (TPSA) is 34.5 Å². The average Bonchev–Trinajstić information content (AvgIpc) is 3.14. The standard InChI is InChI=1S/C20H16N2O/c1-3-8-15(9-4-1)17-12-7-13-18(22-17)20-21-14-19(23-20)16-10-5-2-6-11-16/h1-13,19H,14H2/t19-/m1/s1. The van der Waals surface area contributed by atoms with E-state index >= 15 is 0 Å². The van der Waals surface area contributed by atoms with Gasteiger partial charge in [-0.15, -0.1) is 0 Å². The average molecular weight is 300 g/mol. The van der Waals surface area contributed by atoms with Gasteiger partial charge in [0.15, 0.2) is 0 Å². The Bertz CT molecular complexity index is 829. The predicted octanol–water partition coefficient (Wildman–Crippen LogP) is 4.27. The second-order valence-electron chi connectivity index (χ2n) is 5.44. The van der Waals surface area contributed by atoms with Crippen LogP contribution in [0.25, 0.3) is 11.3 Å². The lowest BCUT2D eigenvalue weighted by Gasteiger charge is -2.11. The molecule has 0 saturated heterocycles. The molecule has 3 nitrogen and oxygen atoms in total. The molecule has 0 amide bonds. The summed E-state index contributed by atoms with van der Waals surface area (Å²) >= 11 is 0. The van der Waals surface area contributed by atoms with Crippen molar-refractivity contribution < 1.29 is 4.74 Å². The Kier molecular flexibility index (Phi) is 3.60. The molecule has 0 unspecified atom stereocenters. The van der Waals surface area contributed by atoms with Crippen LogP contribution in [0.4, 0.5) is 0 Å². The maximum atomic E-state index is 6.01.